The van der Waals surface area contributed by atoms with E-state index < -0.39 is 10.8 Å². The summed E-state index contributed by atoms with van der Waals surface area (Å²) in [6.07, 6.45) is 1.46. The molecule has 4 rings (SSSR count). The lowest BCUT2D eigenvalue weighted by atomic mass is 10.2. The molecule has 0 atom stereocenters. The first kappa shape index (κ1) is 21.4. The first-order chi connectivity index (χ1) is 15.3. The Morgan fingerprint density at radius 3 is 2.62 bits per heavy atom. The summed E-state index contributed by atoms with van der Waals surface area (Å²) in [6.45, 7) is 4.22. The number of benzene rings is 1. The smallest absolute Gasteiger partial charge is 0.361 e. The molecule has 0 unspecified atom stereocenters. The van der Waals surface area contributed by atoms with Gasteiger partial charge in [-0.2, -0.15) is 9.78 Å². The molecule has 0 aliphatic heterocycles. The van der Waals surface area contributed by atoms with Crippen molar-refractivity contribution in [1.29, 1.82) is 0 Å². The maximum Gasteiger partial charge on any atom is 0.389 e. The lowest BCUT2D eigenvalue weighted by Crippen LogP contribution is -2.16. The number of carbonyl (C=O) groups is 1. The van der Waals surface area contributed by atoms with Crippen LogP contribution in [0.25, 0.3) is 0 Å². The Hall–Kier alpha value is -3.80. The predicted octanol–water partition coefficient (Wildman–Crippen LogP) is 3.70. The number of rotatable bonds is 7. The van der Waals surface area contributed by atoms with Gasteiger partial charge in [0.05, 0.1) is 36.0 Å². The van der Waals surface area contributed by atoms with Gasteiger partial charge in [0, 0.05) is 16.2 Å². The molecule has 3 aromatic heterocycles. The van der Waals surface area contributed by atoms with Crippen molar-refractivity contribution in [1.82, 2.24) is 24.7 Å². The van der Waals surface area contributed by atoms with E-state index in [-0.39, 0.29) is 18.1 Å². The monoisotopic (exact) mass is 499 g/mol. The van der Waals surface area contributed by atoms with Gasteiger partial charge in [-0.25, -0.2) is 0 Å². The average molecular weight is 500 g/mol. The SMILES string of the molecule is Cc1onc(C(=O)Nc2cc(C)n(Cc3ccc(Br)cc3)n2)c1Cn1ccc([N+](=O)[O-])n1. The lowest BCUT2D eigenvalue weighted by molar-refractivity contribution is -0.389. The number of halogens is 1. The third-order valence-electron chi connectivity index (χ3n) is 4.80. The standard InChI is InChI=1S/C20H18BrN7O4/c1-12-9-17(23-27(12)10-14-3-5-15(21)6-4-14)22-20(29)19-16(13(2)32-25-19)11-26-8-7-18(24-26)28(30)31/h3-9H,10-11H2,1-2H3,(H,22,23,29). The molecule has 11 nitrogen and oxygen atoms in total. The molecule has 164 valence electrons. The maximum absolute atomic E-state index is 12.8. The Bertz CT molecular complexity index is 1290. The van der Waals surface area contributed by atoms with Crippen LogP contribution in [0, 0.1) is 24.0 Å². The highest BCUT2D eigenvalue weighted by atomic mass is 79.9. The van der Waals surface area contributed by atoms with Crippen molar-refractivity contribution >= 4 is 33.5 Å². The van der Waals surface area contributed by atoms with E-state index in [4.69, 9.17) is 4.52 Å². The van der Waals surface area contributed by atoms with Crippen molar-refractivity contribution in [2.75, 3.05) is 5.32 Å². The molecule has 0 bridgehead atoms. The van der Waals surface area contributed by atoms with E-state index in [0.29, 0.717) is 23.7 Å². The van der Waals surface area contributed by atoms with Gasteiger partial charge < -0.3 is 20.0 Å². The van der Waals surface area contributed by atoms with Gasteiger partial charge >= 0.3 is 5.82 Å². The van der Waals surface area contributed by atoms with E-state index >= 15 is 0 Å². The summed E-state index contributed by atoms with van der Waals surface area (Å²) < 4.78 is 9.32. The molecule has 0 saturated carbocycles. The molecule has 1 aromatic carbocycles. The molecule has 1 N–H and O–H groups in total. The third-order valence-corrected chi connectivity index (χ3v) is 5.33. The van der Waals surface area contributed by atoms with Crippen LogP contribution >= 0.6 is 15.9 Å². The Balaban J connectivity index is 1.49. The first-order valence-electron chi connectivity index (χ1n) is 9.53. The Labute approximate surface area is 190 Å². The normalized spacial score (nSPS) is 11.0. The summed E-state index contributed by atoms with van der Waals surface area (Å²) in [5.41, 5.74) is 2.50. The number of nitrogens with one attached hydrogen (secondary N) is 1. The molecule has 0 spiro atoms. The topological polar surface area (TPSA) is 134 Å². The fourth-order valence-corrected chi connectivity index (χ4v) is 3.39. The van der Waals surface area contributed by atoms with Gasteiger partial charge in [0.1, 0.15) is 5.76 Å². The highest BCUT2D eigenvalue weighted by Crippen LogP contribution is 2.19. The molecule has 4 aromatic rings. The zero-order valence-corrected chi connectivity index (χ0v) is 18.7. The van der Waals surface area contributed by atoms with Gasteiger partial charge in [0.2, 0.25) is 0 Å². The first-order valence-corrected chi connectivity index (χ1v) is 10.3. The highest BCUT2D eigenvalue weighted by Gasteiger charge is 2.23. The van der Waals surface area contributed by atoms with E-state index in [9.17, 15) is 14.9 Å². The third kappa shape index (κ3) is 4.59. The van der Waals surface area contributed by atoms with E-state index in [1.165, 1.54) is 16.9 Å². The molecule has 0 radical (unpaired) electrons. The number of anilines is 1. The summed E-state index contributed by atoms with van der Waals surface area (Å²) in [5, 5.41) is 25.8. The quantitative estimate of drug-likeness (QED) is 0.302. The van der Waals surface area contributed by atoms with Gasteiger partial charge in [-0.3, -0.25) is 9.48 Å². The number of amides is 1. The van der Waals surface area contributed by atoms with Crippen molar-refractivity contribution < 1.29 is 14.2 Å². The maximum atomic E-state index is 12.8. The summed E-state index contributed by atoms with van der Waals surface area (Å²) in [5.74, 6) is 0.0277. The zero-order valence-electron chi connectivity index (χ0n) is 17.1. The van der Waals surface area contributed by atoms with E-state index in [0.717, 1.165) is 15.7 Å². The summed E-state index contributed by atoms with van der Waals surface area (Å²) in [4.78, 5) is 23.1. The average Bonchev–Trinajstić information content (AvgIpc) is 3.45. The molecule has 12 heteroatoms. The molecule has 0 aliphatic rings. The van der Waals surface area contributed by atoms with Crippen molar-refractivity contribution in [2.24, 2.45) is 0 Å². The van der Waals surface area contributed by atoms with Gasteiger partial charge in [0.25, 0.3) is 5.91 Å². The minimum absolute atomic E-state index is 0.0702. The van der Waals surface area contributed by atoms with Crippen molar-refractivity contribution in [3.05, 3.63) is 85.5 Å². The van der Waals surface area contributed by atoms with Crippen molar-refractivity contribution in [3.63, 3.8) is 0 Å². The van der Waals surface area contributed by atoms with Crippen LogP contribution in [0.1, 0.15) is 33.1 Å². The Morgan fingerprint density at radius 1 is 1.19 bits per heavy atom. The Morgan fingerprint density at radius 2 is 1.94 bits per heavy atom. The molecule has 3 heterocycles. The summed E-state index contributed by atoms with van der Waals surface area (Å²) in [7, 11) is 0. The number of carbonyl (C=O) groups excluding carboxylic acids is 1. The van der Waals surface area contributed by atoms with E-state index in [1.54, 1.807) is 17.7 Å². The zero-order chi connectivity index (χ0) is 22.8. The van der Waals surface area contributed by atoms with Crippen LogP contribution in [0.15, 0.2) is 51.6 Å². The number of nitro groups is 1. The van der Waals surface area contributed by atoms with Crippen LogP contribution < -0.4 is 5.32 Å². The fraction of sp³-hybridized carbons (Fsp3) is 0.200. The fourth-order valence-electron chi connectivity index (χ4n) is 3.12. The van der Waals surface area contributed by atoms with Gasteiger partial charge in [-0.05, 0) is 36.5 Å². The van der Waals surface area contributed by atoms with Crippen LogP contribution in [0.5, 0.6) is 0 Å². The molecule has 0 fully saturated rings. The van der Waals surface area contributed by atoms with E-state index in [2.05, 4.69) is 36.6 Å². The van der Waals surface area contributed by atoms with Crippen LogP contribution in [0.2, 0.25) is 0 Å². The van der Waals surface area contributed by atoms with Crippen molar-refractivity contribution in [2.45, 2.75) is 26.9 Å². The molecular weight excluding hydrogens is 482 g/mol. The number of hydrogen-bond acceptors (Lipinski definition) is 7. The molecule has 32 heavy (non-hydrogen) atoms. The van der Waals surface area contributed by atoms with Crippen LogP contribution in [0.4, 0.5) is 11.6 Å². The lowest BCUT2D eigenvalue weighted by Gasteiger charge is -2.05. The molecular formula is C20H18BrN7O4. The molecule has 1 amide bonds. The van der Waals surface area contributed by atoms with Gasteiger partial charge in [0.15, 0.2) is 11.5 Å². The van der Waals surface area contributed by atoms with Crippen LogP contribution in [-0.4, -0.2) is 35.5 Å². The summed E-state index contributed by atoms with van der Waals surface area (Å²) in [6, 6.07) is 10.9. The minimum atomic E-state index is -0.586. The highest BCUT2D eigenvalue weighted by molar-refractivity contribution is 9.10. The second-order valence-corrected chi connectivity index (χ2v) is 8.02. The number of nitrogens with zero attached hydrogens (tertiary/aromatic N) is 6. The minimum Gasteiger partial charge on any atom is -0.361 e. The predicted molar refractivity (Wildman–Crippen MR) is 117 cm³/mol. The Kier molecular flexibility index (Phi) is 5.86. The van der Waals surface area contributed by atoms with Gasteiger partial charge in [-0.1, -0.05) is 33.2 Å². The van der Waals surface area contributed by atoms with Crippen molar-refractivity contribution in [3.8, 4) is 0 Å². The molecule has 0 aliphatic carbocycles. The van der Waals surface area contributed by atoms with E-state index in [1.807, 2.05) is 31.2 Å². The second kappa shape index (κ2) is 8.75. The number of aryl methyl sites for hydroxylation is 2. The van der Waals surface area contributed by atoms with Crippen LogP contribution in [0.3, 0.4) is 0 Å². The molecule has 0 saturated heterocycles. The number of aromatic nitrogens is 5. The largest absolute Gasteiger partial charge is 0.389 e. The summed E-state index contributed by atoms with van der Waals surface area (Å²) >= 11 is 3.42. The van der Waals surface area contributed by atoms with Gasteiger partial charge in [-0.15, -0.1) is 0 Å². The van der Waals surface area contributed by atoms with Crippen LogP contribution in [-0.2, 0) is 13.1 Å². The second-order valence-electron chi connectivity index (χ2n) is 7.10. The number of hydrogen-bond donors (Lipinski definition) is 1.